The first-order valence-corrected chi connectivity index (χ1v) is 12.2. The third-order valence-corrected chi connectivity index (χ3v) is 6.37. The van der Waals surface area contributed by atoms with Crippen LogP contribution in [-0.4, -0.2) is 51.2 Å². The highest BCUT2D eigenvalue weighted by Crippen LogP contribution is 2.20. The maximum atomic E-state index is 14.9. The molecule has 0 fully saturated rings. The fourth-order valence-electron chi connectivity index (χ4n) is 3.62. The molecule has 4 aromatic rings. The van der Waals surface area contributed by atoms with Gasteiger partial charge >= 0.3 is 0 Å². The van der Waals surface area contributed by atoms with Crippen LogP contribution >= 0.6 is 0 Å². The van der Waals surface area contributed by atoms with E-state index in [4.69, 9.17) is 5.14 Å². The normalized spacial score (nSPS) is 11.9. The third-order valence-electron chi connectivity index (χ3n) is 5.46. The highest BCUT2D eigenvalue weighted by Gasteiger charge is 2.19. The Bertz CT molecular complexity index is 1380. The second kappa shape index (κ2) is 9.84. The smallest absolute Gasteiger partial charge is 0.238 e. The van der Waals surface area contributed by atoms with E-state index in [0.717, 1.165) is 30.5 Å². The zero-order valence-electron chi connectivity index (χ0n) is 19.0. The summed E-state index contributed by atoms with van der Waals surface area (Å²) in [6, 6.07) is 13.2. The van der Waals surface area contributed by atoms with Crippen molar-refractivity contribution in [2.75, 3.05) is 13.6 Å². The first kappa shape index (κ1) is 23.7. The molecule has 0 unspecified atom stereocenters. The number of primary sulfonamides is 1. The quantitative estimate of drug-likeness (QED) is 0.391. The predicted octanol–water partition coefficient (Wildman–Crippen LogP) is 2.28. The van der Waals surface area contributed by atoms with E-state index in [1.807, 2.05) is 50.5 Å². The van der Waals surface area contributed by atoms with Gasteiger partial charge in [0.15, 0.2) is 5.82 Å². The summed E-state index contributed by atoms with van der Waals surface area (Å²) in [5, 5.41) is 9.69. The van der Waals surface area contributed by atoms with Crippen LogP contribution in [0.15, 0.2) is 65.8 Å². The van der Waals surface area contributed by atoms with E-state index in [0.29, 0.717) is 24.6 Å². The average Bonchev–Trinajstić information content (AvgIpc) is 3.37. The van der Waals surface area contributed by atoms with E-state index >= 15 is 0 Å². The molecule has 0 bridgehead atoms. The molecule has 4 rings (SSSR count). The van der Waals surface area contributed by atoms with Crippen LogP contribution in [0.5, 0.6) is 0 Å². The maximum Gasteiger partial charge on any atom is 0.238 e. The zero-order valence-corrected chi connectivity index (χ0v) is 19.8. The first-order valence-electron chi connectivity index (χ1n) is 10.7. The average molecular weight is 484 g/mol. The topological polar surface area (TPSA) is 112 Å². The molecule has 34 heavy (non-hydrogen) atoms. The van der Waals surface area contributed by atoms with E-state index in [-0.39, 0.29) is 10.6 Å². The van der Waals surface area contributed by atoms with Crippen molar-refractivity contribution >= 4 is 10.0 Å². The van der Waals surface area contributed by atoms with E-state index in [2.05, 4.69) is 24.5 Å². The number of aromatic nitrogens is 5. The van der Waals surface area contributed by atoms with Gasteiger partial charge < -0.3 is 4.57 Å². The summed E-state index contributed by atoms with van der Waals surface area (Å²) in [6.45, 7) is 3.93. The number of hydrogen-bond acceptors (Lipinski definition) is 6. The molecule has 0 aliphatic rings. The van der Waals surface area contributed by atoms with Gasteiger partial charge in [0.1, 0.15) is 23.2 Å². The lowest BCUT2D eigenvalue weighted by Crippen LogP contribution is -2.23. The fraction of sp³-hybridized carbons (Fsp3) is 0.261. The molecule has 9 nitrogen and oxygen atoms in total. The van der Waals surface area contributed by atoms with Gasteiger partial charge in [-0.2, -0.15) is 0 Å². The van der Waals surface area contributed by atoms with Gasteiger partial charge in [0.2, 0.25) is 10.0 Å². The fourth-order valence-corrected chi connectivity index (χ4v) is 4.15. The summed E-state index contributed by atoms with van der Waals surface area (Å²) in [4.78, 5) is 10.7. The molecule has 2 heterocycles. The van der Waals surface area contributed by atoms with Crippen LogP contribution in [0.4, 0.5) is 4.39 Å². The number of nitrogens with two attached hydrogens (primary N) is 1. The van der Waals surface area contributed by atoms with Crippen molar-refractivity contribution in [1.29, 1.82) is 0 Å². The van der Waals surface area contributed by atoms with Crippen molar-refractivity contribution in [1.82, 2.24) is 29.2 Å². The molecule has 0 saturated carbocycles. The van der Waals surface area contributed by atoms with Gasteiger partial charge in [0.05, 0.1) is 11.4 Å². The molecule has 11 heteroatoms. The second-order valence-corrected chi connectivity index (χ2v) is 9.64. The number of aryl methyl sites for hydroxylation is 1. The SMILES string of the molecule is Cc1nccn1CCN(C)Cc1nc(Cc2ccccc2)n(-c2ccc(S(N)(=O)=O)cc2F)n1. The van der Waals surface area contributed by atoms with Gasteiger partial charge in [-0.3, -0.25) is 4.90 Å². The monoisotopic (exact) mass is 483 g/mol. The number of benzene rings is 2. The van der Waals surface area contributed by atoms with Gasteiger partial charge in [0, 0.05) is 31.9 Å². The standard InChI is InChI=1S/C23H26FN7O2S/c1-17-26-10-11-30(17)13-12-29(2)16-22-27-23(14-18-6-4-3-5-7-18)31(28-22)21-9-8-19(15-20(21)24)34(25,32)33/h3-11,15H,12-14,16H2,1-2H3,(H2,25,32,33). The summed E-state index contributed by atoms with van der Waals surface area (Å²) in [6.07, 6.45) is 4.13. The zero-order chi connectivity index (χ0) is 24.3. The Morgan fingerprint density at radius 2 is 1.91 bits per heavy atom. The summed E-state index contributed by atoms with van der Waals surface area (Å²) in [5.41, 5.74) is 1.10. The lowest BCUT2D eigenvalue weighted by Gasteiger charge is -2.15. The molecule has 0 amide bonds. The minimum Gasteiger partial charge on any atom is -0.334 e. The Balaban J connectivity index is 1.61. The Morgan fingerprint density at radius 1 is 1.15 bits per heavy atom. The highest BCUT2D eigenvalue weighted by atomic mass is 32.2. The molecule has 2 aromatic heterocycles. The minimum absolute atomic E-state index is 0.105. The van der Waals surface area contributed by atoms with Crippen LogP contribution in [0.25, 0.3) is 5.69 Å². The minimum atomic E-state index is -4.02. The summed E-state index contributed by atoms with van der Waals surface area (Å²) < 4.78 is 41.6. The number of sulfonamides is 1. The summed E-state index contributed by atoms with van der Waals surface area (Å²) >= 11 is 0. The molecular formula is C23H26FN7O2S. The Hall–Kier alpha value is -3.41. The van der Waals surface area contributed by atoms with E-state index in [9.17, 15) is 12.8 Å². The number of rotatable bonds is 9. The van der Waals surface area contributed by atoms with Crippen LogP contribution in [-0.2, 0) is 29.5 Å². The number of likely N-dealkylation sites (N-methyl/N-ethyl adjacent to an activating group) is 1. The largest absolute Gasteiger partial charge is 0.334 e. The Labute approximate surface area is 197 Å². The number of imidazole rings is 1. The van der Waals surface area contributed by atoms with Crippen LogP contribution < -0.4 is 5.14 Å². The van der Waals surface area contributed by atoms with E-state index in [1.165, 1.54) is 16.8 Å². The molecule has 2 N–H and O–H groups in total. The maximum absolute atomic E-state index is 14.9. The van der Waals surface area contributed by atoms with Gasteiger partial charge in [-0.05, 0) is 37.7 Å². The van der Waals surface area contributed by atoms with Crippen LogP contribution in [0, 0.1) is 12.7 Å². The molecular weight excluding hydrogens is 457 g/mol. The van der Waals surface area contributed by atoms with Crippen LogP contribution in [0.1, 0.15) is 23.0 Å². The van der Waals surface area contributed by atoms with Crippen molar-refractivity contribution in [3.63, 3.8) is 0 Å². The van der Waals surface area contributed by atoms with E-state index < -0.39 is 15.8 Å². The van der Waals surface area contributed by atoms with Gasteiger partial charge in [0.25, 0.3) is 0 Å². The van der Waals surface area contributed by atoms with Crippen LogP contribution in [0.2, 0.25) is 0 Å². The summed E-state index contributed by atoms with van der Waals surface area (Å²) in [7, 11) is -2.06. The molecule has 2 aromatic carbocycles. The second-order valence-electron chi connectivity index (χ2n) is 8.08. The Morgan fingerprint density at radius 3 is 2.56 bits per heavy atom. The van der Waals surface area contributed by atoms with E-state index in [1.54, 1.807) is 6.20 Å². The molecule has 0 saturated heterocycles. The van der Waals surface area contributed by atoms with Crippen molar-refractivity contribution < 1.29 is 12.8 Å². The third kappa shape index (κ3) is 5.56. The molecule has 0 aliphatic carbocycles. The lowest BCUT2D eigenvalue weighted by molar-refractivity contribution is 0.303. The first-order chi connectivity index (χ1) is 16.2. The molecule has 0 aliphatic heterocycles. The van der Waals surface area contributed by atoms with Crippen molar-refractivity contribution in [2.24, 2.45) is 5.14 Å². The molecule has 0 spiro atoms. The number of halogens is 1. The predicted molar refractivity (Wildman–Crippen MR) is 125 cm³/mol. The lowest BCUT2D eigenvalue weighted by atomic mass is 10.1. The van der Waals surface area contributed by atoms with Crippen LogP contribution in [0.3, 0.4) is 0 Å². The Kier molecular flexibility index (Phi) is 6.87. The van der Waals surface area contributed by atoms with Crippen molar-refractivity contribution in [2.45, 2.75) is 31.3 Å². The summed E-state index contributed by atoms with van der Waals surface area (Å²) in [5.74, 6) is 1.27. The van der Waals surface area contributed by atoms with Gasteiger partial charge in [-0.15, -0.1) is 5.10 Å². The number of hydrogen-bond donors (Lipinski definition) is 1. The van der Waals surface area contributed by atoms with Gasteiger partial charge in [-0.25, -0.2) is 32.6 Å². The van der Waals surface area contributed by atoms with Gasteiger partial charge in [-0.1, -0.05) is 30.3 Å². The highest BCUT2D eigenvalue weighted by molar-refractivity contribution is 7.89. The molecule has 0 radical (unpaired) electrons. The molecule has 178 valence electrons. The molecule has 0 atom stereocenters. The number of nitrogens with zero attached hydrogens (tertiary/aromatic N) is 6. The van der Waals surface area contributed by atoms with Crippen molar-refractivity contribution in [3.05, 3.63) is 89.8 Å². The van der Waals surface area contributed by atoms with Crippen molar-refractivity contribution in [3.8, 4) is 5.69 Å².